The van der Waals surface area contributed by atoms with Crippen molar-refractivity contribution in [1.29, 1.82) is 0 Å². The first-order chi connectivity index (χ1) is 14.0. The molecule has 0 aliphatic heterocycles. The third-order valence-corrected chi connectivity index (χ3v) is 4.83. The molecule has 9 nitrogen and oxygen atoms in total. The lowest BCUT2D eigenvalue weighted by Crippen LogP contribution is -2.23. The van der Waals surface area contributed by atoms with Gasteiger partial charge in [0.05, 0.1) is 11.5 Å². The van der Waals surface area contributed by atoms with Crippen molar-refractivity contribution in [2.75, 3.05) is 31.3 Å². The molecule has 29 heavy (non-hydrogen) atoms. The summed E-state index contributed by atoms with van der Waals surface area (Å²) in [4.78, 5) is 48.5. The van der Waals surface area contributed by atoms with Crippen molar-refractivity contribution >= 4 is 40.8 Å². The van der Waals surface area contributed by atoms with Crippen molar-refractivity contribution in [3.63, 3.8) is 0 Å². The molecule has 2 aromatic rings. The summed E-state index contributed by atoms with van der Waals surface area (Å²) in [5.41, 5.74) is 0.312. The Morgan fingerprint density at radius 1 is 1.21 bits per heavy atom. The number of thioether (sulfide) groups is 1. The van der Waals surface area contributed by atoms with E-state index >= 15 is 0 Å². The first-order valence-corrected chi connectivity index (χ1v) is 9.57. The van der Waals surface area contributed by atoms with E-state index in [1.54, 1.807) is 24.3 Å². The van der Waals surface area contributed by atoms with Crippen LogP contribution in [-0.4, -0.2) is 54.6 Å². The summed E-state index contributed by atoms with van der Waals surface area (Å²) in [5, 5.41) is 8.56. The van der Waals surface area contributed by atoms with E-state index in [0.29, 0.717) is 11.4 Å². The average molecular weight is 415 g/mol. The van der Waals surface area contributed by atoms with E-state index in [-0.39, 0.29) is 41.0 Å². The van der Waals surface area contributed by atoms with Crippen LogP contribution < -0.4 is 10.6 Å². The van der Waals surface area contributed by atoms with Crippen molar-refractivity contribution in [1.82, 2.24) is 10.5 Å². The maximum Gasteiger partial charge on any atom is 0.274 e. The van der Waals surface area contributed by atoms with Gasteiger partial charge in [-0.1, -0.05) is 23.4 Å². The summed E-state index contributed by atoms with van der Waals surface area (Å²) in [7, 11) is 1.38. The highest BCUT2D eigenvalue weighted by Gasteiger charge is 2.35. The Bertz CT molecular complexity index is 983. The molecule has 3 rings (SSSR count). The minimum absolute atomic E-state index is 0.137. The van der Waals surface area contributed by atoms with Crippen LogP contribution in [0.4, 0.5) is 5.69 Å². The summed E-state index contributed by atoms with van der Waals surface area (Å²) in [6.07, 6.45) is 1.15. The van der Waals surface area contributed by atoms with Crippen LogP contribution in [0.15, 0.2) is 45.8 Å². The number of para-hydroxylation sites is 1. The van der Waals surface area contributed by atoms with Crippen LogP contribution in [-0.2, 0) is 9.53 Å². The Morgan fingerprint density at radius 2 is 1.97 bits per heavy atom. The number of fused-ring (bicyclic) bond motifs is 1. The molecule has 2 N–H and O–H groups in total. The Hall–Kier alpha value is -3.24. The first kappa shape index (κ1) is 20.5. The third-order valence-electron chi connectivity index (χ3n) is 3.85. The summed E-state index contributed by atoms with van der Waals surface area (Å²) in [5.74, 6) is -1.87. The molecule has 2 amide bonds. The Morgan fingerprint density at radius 3 is 2.69 bits per heavy atom. The monoisotopic (exact) mass is 415 g/mol. The predicted molar refractivity (Wildman–Crippen MR) is 105 cm³/mol. The summed E-state index contributed by atoms with van der Waals surface area (Å²) in [6.45, 7) is 0.0441. The molecule has 0 fully saturated rings. The van der Waals surface area contributed by atoms with Gasteiger partial charge >= 0.3 is 0 Å². The van der Waals surface area contributed by atoms with Crippen LogP contribution in [0.25, 0.3) is 0 Å². The number of nitrogens with one attached hydrogen (secondary N) is 2. The highest BCUT2D eigenvalue weighted by molar-refractivity contribution is 8.04. The van der Waals surface area contributed by atoms with Crippen molar-refractivity contribution in [2.45, 2.75) is 0 Å². The topological polar surface area (TPSA) is 128 Å². The molecule has 1 aromatic heterocycles. The second-order valence-electron chi connectivity index (χ2n) is 5.83. The van der Waals surface area contributed by atoms with E-state index in [0.717, 1.165) is 17.8 Å². The molecule has 0 spiro atoms. The van der Waals surface area contributed by atoms with E-state index in [2.05, 4.69) is 15.8 Å². The lowest BCUT2D eigenvalue weighted by atomic mass is 10.00. The average Bonchev–Trinajstić information content (AvgIpc) is 3.17. The fourth-order valence-corrected chi connectivity index (χ4v) is 3.36. The number of Topliss-reactive ketones (excluding diaryl/α,β-unsaturated/α-hetero) is 1. The number of allylic oxidation sites excluding steroid dienone is 2. The van der Waals surface area contributed by atoms with Crippen LogP contribution in [0, 0.1) is 0 Å². The number of carbonyl (C=O) groups excluding carboxylic acids is 4. The lowest BCUT2D eigenvalue weighted by Gasteiger charge is -2.11. The number of aromatic nitrogens is 1. The maximum absolute atomic E-state index is 12.6. The number of hydrogen-bond donors (Lipinski definition) is 2. The summed E-state index contributed by atoms with van der Waals surface area (Å²) < 4.78 is 10.2. The molecule has 0 saturated heterocycles. The van der Waals surface area contributed by atoms with Crippen LogP contribution in [0.1, 0.15) is 31.4 Å². The number of carbonyl (C=O) groups is 4. The van der Waals surface area contributed by atoms with Gasteiger partial charge in [0.1, 0.15) is 12.2 Å². The second kappa shape index (κ2) is 9.30. The Labute approximate surface area is 169 Å². The maximum atomic E-state index is 12.6. The van der Waals surface area contributed by atoms with Crippen molar-refractivity contribution in [3.8, 4) is 0 Å². The number of benzene rings is 1. The number of rotatable bonds is 8. The largest absolute Gasteiger partial charge is 0.371 e. The fourth-order valence-electron chi connectivity index (χ4n) is 2.52. The number of ether oxygens (including phenoxy) is 1. The minimum Gasteiger partial charge on any atom is -0.371 e. The van der Waals surface area contributed by atoms with Gasteiger partial charge in [0.2, 0.25) is 23.2 Å². The zero-order chi connectivity index (χ0) is 20.8. The van der Waals surface area contributed by atoms with Gasteiger partial charge in [0.25, 0.3) is 5.91 Å². The highest BCUT2D eigenvalue weighted by atomic mass is 32.2. The van der Waals surface area contributed by atoms with Gasteiger partial charge in [0, 0.05) is 24.6 Å². The molecule has 0 radical (unpaired) electrons. The number of anilines is 1. The van der Waals surface area contributed by atoms with Gasteiger partial charge in [-0.2, -0.15) is 0 Å². The Kier molecular flexibility index (Phi) is 6.57. The van der Waals surface area contributed by atoms with Crippen LogP contribution in [0.3, 0.4) is 0 Å². The van der Waals surface area contributed by atoms with Crippen molar-refractivity contribution in [3.05, 3.63) is 58.3 Å². The Balaban J connectivity index is 1.49. The fraction of sp³-hybridized carbons (Fsp3) is 0.211. The van der Waals surface area contributed by atoms with Crippen LogP contribution in [0.5, 0.6) is 0 Å². The van der Waals surface area contributed by atoms with Gasteiger partial charge in [-0.25, -0.2) is 0 Å². The molecule has 0 unspecified atom stereocenters. The SMILES string of the molecule is CNC(=O)c1noc2c1C(=O)C(SCCOCC(=O)Nc1ccccc1)=CC2=O. The molecule has 10 heteroatoms. The molecular weight excluding hydrogens is 398 g/mol. The summed E-state index contributed by atoms with van der Waals surface area (Å²) in [6, 6.07) is 8.98. The minimum atomic E-state index is -0.616. The van der Waals surface area contributed by atoms with E-state index < -0.39 is 17.5 Å². The number of ketones is 2. The van der Waals surface area contributed by atoms with Crippen LogP contribution >= 0.6 is 11.8 Å². The van der Waals surface area contributed by atoms with E-state index in [1.807, 2.05) is 6.07 Å². The normalized spacial score (nSPS) is 12.9. The highest BCUT2D eigenvalue weighted by Crippen LogP contribution is 2.30. The number of hydrogen-bond acceptors (Lipinski definition) is 8. The van der Waals surface area contributed by atoms with Crippen molar-refractivity contribution in [2.24, 2.45) is 0 Å². The molecule has 1 aliphatic carbocycles. The van der Waals surface area contributed by atoms with Gasteiger partial charge in [0.15, 0.2) is 5.69 Å². The zero-order valence-corrected chi connectivity index (χ0v) is 16.2. The van der Waals surface area contributed by atoms with Gasteiger partial charge in [-0.05, 0) is 12.1 Å². The molecule has 1 heterocycles. The quantitative estimate of drug-likeness (QED) is 0.624. The van der Waals surface area contributed by atoms with Gasteiger partial charge in [-0.3, -0.25) is 19.2 Å². The molecule has 1 aliphatic rings. The lowest BCUT2D eigenvalue weighted by molar-refractivity contribution is -0.120. The molecule has 0 saturated carbocycles. The smallest absolute Gasteiger partial charge is 0.274 e. The van der Waals surface area contributed by atoms with E-state index in [4.69, 9.17) is 9.26 Å². The summed E-state index contributed by atoms with van der Waals surface area (Å²) >= 11 is 1.09. The van der Waals surface area contributed by atoms with E-state index in [1.165, 1.54) is 7.05 Å². The standard InChI is InChI=1S/C19H17N3O6S/c1-20-19(26)16-15-17(25)13(9-12(23)18(15)28-22-16)29-8-7-27-10-14(24)21-11-5-3-2-4-6-11/h2-6,9H,7-8,10H2,1H3,(H,20,26)(H,21,24). The van der Waals surface area contributed by atoms with Gasteiger partial charge in [-0.15, -0.1) is 11.8 Å². The first-order valence-electron chi connectivity index (χ1n) is 8.59. The van der Waals surface area contributed by atoms with Crippen LogP contribution in [0.2, 0.25) is 0 Å². The van der Waals surface area contributed by atoms with Gasteiger partial charge < -0.3 is 19.9 Å². The second-order valence-corrected chi connectivity index (χ2v) is 6.97. The molecular formula is C19H17N3O6S. The predicted octanol–water partition coefficient (Wildman–Crippen LogP) is 1.69. The molecule has 1 aromatic carbocycles. The third kappa shape index (κ3) is 4.79. The number of nitrogens with zero attached hydrogens (tertiary/aromatic N) is 1. The van der Waals surface area contributed by atoms with E-state index in [9.17, 15) is 19.2 Å². The molecule has 150 valence electrons. The number of amides is 2. The zero-order valence-electron chi connectivity index (χ0n) is 15.4. The van der Waals surface area contributed by atoms with Crippen molar-refractivity contribution < 1.29 is 28.4 Å². The molecule has 0 bridgehead atoms. The molecule has 0 atom stereocenters.